The molecule has 1 saturated carbocycles. The van der Waals surface area contributed by atoms with E-state index in [0.29, 0.717) is 5.56 Å². The first-order chi connectivity index (χ1) is 15.7. The molecule has 33 heavy (non-hydrogen) atoms. The number of esters is 1. The molecule has 0 heterocycles. The van der Waals surface area contributed by atoms with Crippen LogP contribution in [0.2, 0.25) is 0 Å². The molecule has 176 valence electrons. The molecule has 2 aromatic carbocycles. The Morgan fingerprint density at radius 2 is 1.76 bits per heavy atom. The number of nitrogens with one attached hydrogen (secondary N) is 2. The molecule has 0 radical (unpaired) electrons. The van der Waals surface area contributed by atoms with Crippen molar-refractivity contribution in [1.82, 2.24) is 5.32 Å². The number of primary sulfonamides is 1. The largest absolute Gasteiger partial charge is 0.496 e. The van der Waals surface area contributed by atoms with Crippen molar-refractivity contribution < 1.29 is 32.3 Å². The molecule has 0 unspecified atom stereocenters. The van der Waals surface area contributed by atoms with Gasteiger partial charge in [0.2, 0.25) is 10.0 Å². The number of hydrogen-bond acceptors (Lipinski definition) is 7. The summed E-state index contributed by atoms with van der Waals surface area (Å²) in [6.45, 7) is -0.666. The molecule has 1 aliphatic carbocycles. The van der Waals surface area contributed by atoms with Gasteiger partial charge < -0.3 is 20.1 Å². The van der Waals surface area contributed by atoms with Crippen LogP contribution in [-0.4, -0.2) is 46.0 Å². The highest BCUT2D eigenvalue weighted by atomic mass is 32.2. The van der Waals surface area contributed by atoms with Crippen LogP contribution in [0.15, 0.2) is 47.4 Å². The van der Waals surface area contributed by atoms with Gasteiger partial charge in [-0.05, 0) is 43.2 Å². The predicted octanol–water partition coefficient (Wildman–Crippen LogP) is 1.81. The van der Waals surface area contributed by atoms with Gasteiger partial charge in [-0.1, -0.05) is 25.0 Å². The van der Waals surface area contributed by atoms with Crippen molar-refractivity contribution in [3.05, 3.63) is 53.6 Å². The second-order valence-corrected chi connectivity index (χ2v) is 9.09. The van der Waals surface area contributed by atoms with Gasteiger partial charge in [-0.3, -0.25) is 9.59 Å². The highest BCUT2D eigenvalue weighted by Gasteiger charge is 2.22. The van der Waals surface area contributed by atoms with E-state index in [2.05, 4.69) is 10.6 Å². The molecule has 10 nitrogen and oxygen atoms in total. The lowest BCUT2D eigenvalue weighted by molar-refractivity contribution is -0.119. The quantitative estimate of drug-likeness (QED) is 0.492. The molecule has 0 aliphatic heterocycles. The number of benzene rings is 2. The Labute approximate surface area is 191 Å². The van der Waals surface area contributed by atoms with Crippen LogP contribution in [-0.2, 0) is 19.6 Å². The molecule has 11 heteroatoms. The van der Waals surface area contributed by atoms with E-state index in [1.54, 1.807) is 24.3 Å². The molecule has 3 rings (SSSR count). The predicted molar refractivity (Wildman–Crippen MR) is 119 cm³/mol. The number of methoxy groups -OCH3 is 1. The van der Waals surface area contributed by atoms with Crippen LogP contribution in [0.5, 0.6) is 5.75 Å². The van der Waals surface area contributed by atoms with Crippen molar-refractivity contribution in [2.75, 3.05) is 19.0 Å². The lowest BCUT2D eigenvalue weighted by Crippen LogP contribution is -2.33. The molecule has 2 aromatic rings. The van der Waals surface area contributed by atoms with E-state index < -0.39 is 28.5 Å². The summed E-state index contributed by atoms with van der Waals surface area (Å²) in [6, 6.07) is 10.1. The van der Waals surface area contributed by atoms with Gasteiger partial charge in [0.25, 0.3) is 11.8 Å². The van der Waals surface area contributed by atoms with Gasteiger partial charge in [-0.15, -0.1) is 0 Å². The first-order valence-corrected chi connectivity index (χ1v) is 11.8. The molecule has 2 amide bonds. The van der Waals surface area contributed by atoms with E-state index in [1.165, 1.54) is 19.2 Å². The zero-order chi connectivity index (χ0) is 24.0. The molecular weight excluding hydrogens is 450 g/mol. The number of para-hydroxylation sites is 1. The van der Waals surface area contributed by atoms with Gasteiger partial charge in [0.1, 0.15) is 11.3 Å². The molecule has 0 atom stereocenters. The van der Waals surface area contributed by atoms with E-state index in [4.69, 9.17) is 14.6 Å². The Morgan fingerprint density at radius 1 is 1.06 bits per heavy atom. The number of carbonyl (C=O) groups is 3. The summed E-state index contributed by atoms with van der Waals surface area (Å²) >= 11 is 0. The summed E-state index contributed by atoms with van der Waals surface area (Å²) in [5.74, 6) is -1.88. The second kappa shape index (κ2) is 10.5. The smallest absolute Gasteiger partial charge is 0.342 e. The lowest BCUT2D eigenvalue weighted by atomic mass is 10.1. The first kappa shape index (κ1) is 24.2. The maximum absolute atomic E-state index is 12.6. The van der Waals surface area contributed by atoms with Crippen molar-refractivity contribution >= 4 is 33.5 Å². The molecule has 0 saturated heterocycles. The molecule has 1 aliphatic rings. The van der Waals surface area contributed by atoms with E-state index in [0.717, 1.165) is 31.7 Å². The second-order valence-electron chi connectivity index (χ2n) is 7.53. The van der Waals surface area contributed by atoms with E-state index in [1.807, 2.05) is 0 Å². The van der Waals surface area contributed by atoms with Crippen molar-refractivity contribution in [2.45, 2.75) is 36.6 Å². The van der Waals surface area contributed by atoms with Crippen LogP contribution >= 0.6 is 0 Å². The average molecular weight is 476 g/mol. The monoisotopic (exact) mass is 475 g/mol. The van der Waals surface area contributed by atoms with Gasteiger partial charge in [-0.25, -0.2) is 18.4 Å². The minimum Gasteiger partial charge on any atom is -0.496 e. The summed E-state index contributed by atoms with van der Waals surface area (Å²) in [4.78, 5) is 37.1. The SMILES string of the molecule is COc1ccc(S(N)(=O)=O)cc1C(=O)OCC(=O)Nc1ccccc1C(=O)NC1CCCC1. The minimum atomic E-state index is -4.06. The fraction of sp³-hybridized carbons (Fsp3) is 0.318. The molecular formula is C22H25N3O7S. The van der Waals surface area contributed by atoms with Crippen molar-refractivity contribution in [1.29, 1.82) is 0 Å². The van der Waals surface area contributed by atoms with E-state index >= 15 is 0 Å². The summed E-state index contributed by atoms with van der Waals surface area (Å²) < 4.78 is 33.2. The van der Waals surface area contributed by atoms with Gasteiger partial charge in [0.05, 0.1) is 23.3 Å². The van der Waals surface area contributed by atoms with Gasteiger partial charge in [0, 0.05) is 6.04 Å². The fourth-order valence-corrected chi connectivity index (χ4v) is 4.08. The number of nitrogens with two attached hydrogens (primary N) is 1. The Morgan fingerprint density at radius 3 is 2.42 bits per heavy atom. The number of anilines is 1. The van der Waals surface area contributed by atoms with Crippen molar-refractivity contribution in [2.24, 2.45) is 5.14 Å². The maximum atomic E-state index is 12.6. The van der Waals surface area contributed by atoms with Crippen LogP contribution in [0.3, 0.4) is 0 Å². The Kier molecular flexibility index (Phi) is 7.67. The zero-order valence-electron chi connectivity index (χ0n) is 18.0. The number of hydrogen-bond donors (Lipinski definition) is 3. The van der Waals surface area contributed by atoms with E-state index in [9.17, 15) is 22.8 Å². The molecule has 0 spiro atoms. The van der Waals surface area contributed by atoms with Crippen molar-refractivity contribution in [3.8, 4) is 5.75 Å². The number of rotatable bonds is 8. The molecule has 0 bridgehead atoms. The minimum absolute atomic E-state index is 0.0572. The number of amides is 2. The van der Waals surface area contributed by atoms with E-state index in [-0.39, 0.29) is 33.8 Å². The average Bonchev–Trinajstić information content (AvgIpc) is 3.29. The third kappa shape index (κ3) is 6.30. The Hall–Kier alpha value is -3.44. The molecule has 4 N–H and O–H groups in total. The van der Waals surface area contributed by atoms with Crippen LogP contribution < -0.4 is 20.5 Å². The van der Waals surface area contributed by atoms with Crippen LogP contribution in [0, 0.1) is 0 Å². The van der Waals surface area contributed by atoms with Gasteiger partial charge in [-0.2, -0.15) is 0 Å². The number of ether oxygens (including phenoxy) is 2. The summed E-state index contributed by atoms with van der Waals surface area (Å²) in [6.07, 6.45) is 3.98. The third-order valence-electron chi connectivity index (χ3n) is 5.19. The number of sulfonamides is 1. The highest BCUT2D eigenvalue weighted by Crippen LogP contribution is 2.23. The highest BCUT2D eigenvalue weighted by molar-refractivity contribution is 7.89. The van der Waals surface area contributed by atoms with Crippen LogP contribution in [0.25, 0.3) is 0 Å². The first-order valence-electron chi connectivity index (χ1n) is 10.3. The summed E-state index contributed by atoms with van der Waals surface area (Å²) in [5, 5.41) is 10.6. The maximum Gasteiger partial charge on any atom is 0.342 e. The van der Waals surface area contributed by atoms with Crippen LogP contribution in [0.4, 0.5) is 5.69 Å². The van der Waals surface area contributed by atoms with Gasteiger partial charge >= 0.3 is 5.97 Å². The lowest BCUT2D eigenvalue weighted by Gasteiger charge is -2.15. The Bertz CT molecular complexity index is 1160. The summed E-state index contributed by atoms with van der Waals surface area (Å²) in [5.41, 5.74) is 0.377. The zero-order valence-corrected chi connectivity index (χ0v) is 18.8. The third-order valence-corrected chi connectivity index (χ3v) is 6.10. The number of carbonyl (C=O) groups excluding carboxylic acids is 3. The molecule has 0 aromatic heterocycles. The standard InChI is InChI=1S/C22H25N3O7S/c1-31-19-11-10-15(33(23,29)30)12-17(19)22(28)32-13-20(26)25-18-9-5-4-8-16(18)21(27)24-14-6-2-3-7-14/h4-5,8-12,14H,2-3,6-7,13H2,1H3,(H,24,27)(H,25,26)(H2,23,29,30). The van der Waals surface area contributed by atoms with Gasteiger partial charge in [0.15, 0.2) is 6.61 Å². The Balaban J connectivity index is 1.65. The fourth-order valence-electron chi connectivity index (χ4n) is 3.54. The normalized spacial score (nSPS) is 13.9. The van der Waals surface area contributed by atoms with Crippen LogP contribution in [0.1, 0.15) is 46.4 Å². The topological polar surface area (TPSA) is 154 Å². The molecule has 1 fully saturated rings. The van der Waals surface area contributed by atoms with Crippen molar-refractivity contribution in [3.63, 3.8) is 0 Å². The summed E-state index contributed by atoms with van der Waals surface area (Å²) in [7, 11) is -2.76.